The molecule has 1 aliphatic heterocycles. The Morgan fingerprint density at radius 3 is 2.74 bits per heavy atom. The third kappa shape index (κ3) is 5.22. The van der Waals surface area contributed by atoms with Crippen molar-refractivity contribution >= 4 is 29.6 Å². The fourth-order valence-electron chi connectivity index (χ4n) is 2.96. The van der Waals surface area contributed by atoms with Crippen molar-refractivity contribution in [2.24, 2.45) is 0 Å². The second kappa shape index (κ2) is 9.50. The van der Waals surface area contributed by atoms with Crippen LogP contribution >= 0.6 is 0 Å². The van der Waals surface area contributed by atoms with Gasteiger partial charge in [0.15, 0.2) is 11.5 Å². The second-order valence-corrected chi connectivity index (χ2v) is 6.70. The number of imide groups is 1. The average Bonchev–Trinajstić information content (AvgIpc) is 3.00. The first-order valence-corrected chi connectivity index (χ1v) is 9.36. The monoisotopic (exact) mass is 419 g/mol. The molecule has 0 unspecified atom stereocenters. The number of benzene rings is 2. The molecule has 31 heavy (non-hydrogen) atoms. The zero-order valence-corrected chi connectivity index (χ0v) is 17.1. The Kier molecular flexibility index (Phi) is 6.58. The molecule has 0 atom stereocenters. The summed E-state index contributed by atoms with van der Waals surface area (Å²) < 4.78 is 10.7. The normalized spacial score (nSPS) is 14.2. The summed E-state index contributed by atoms with van der Waals surface area (Å²) in [7, 11) is 1.48. The number of amides is 4. The number of carbonyl (C=O) groups is 3. The first-order chi connectivity index (χ1) is 14.9. The van der Waals surface area contributed by atoms with Crippen molar-refractivity contribution < 1.29 is 23.9 Å². The van der Waals surface area contributed by atoms with Crippen molar-refractivity contribution in [3.63, 3.8) is 0 Å². The molecule has 2 aromatic rings. The Labute approximate surface area is 179 Å². The minimum Gasteiger partial charge on any atom is -0.493 e. The van der Waals surface area contributed by atoms with E-state index in [0.29, 0.717) is 22.7 Å². The molecule has 158 valence electrons. The third-order valence-corrected chi connectivity index (χ3v) is 4.38. The molecule has 8 heteroatoms. The molecule has 2 aromatic carbocycles. The van der Waals surface area contributed by atoms with Crippen LogP contribution in [0.25, 0.3) is 6.08 Å². The van der Waals surface area contributed by atoms with E-state index in [9.17, 15) is 14.4 Å². The highest BCUT2D eigenvalue weighted by molar-refractivity contribution is 6.15. The van der Waals surface area contributed by atoms with Crippen LogP contribution in [0.1, 0.15) is 11.1 Å². The van der Waals surface area contributed by atoms with Crippen LogP contribution in [-0.2, 0) is 9.59 Å². The smallest absolute Gasteiger partial charge is 0.329 e. The molecule has 0 radical (unpaired) electrons. The molecular formula is C23H21N3O5. The fourth-order valence-corrected chi connectivity index (χ4v) is 2.96. The van der Waals surface area contributed by atoms with Gasteiger partial charge in [-0.05, 0) is 48.4 Å². The first kappa shape index (κ1) is 21.5. The SMILES string of the molecule is C#CCOc1ccc(/C=C2\NC(=O)N(CC(=O)Nc3cccc(C)c3)C2=O)cc1OC. The maximum Gasteiger partial charge on any atom is 0.329 e. The van der Waals surface area contributed by atoms with E-state index in [1.54, 1.807) is 36.4 Å². The van der Waals surface area contributed by atoms with Crippen molar-refractivity contribution in [3.05, 3.63) is 59.3 Å². The van der Waals surface area contributed by atoms with Gasteiger partial charge in [0, 0.05) is 5.69 Å². The molecule has 0 aliphatic carbocycles. The molecule has 1 fully saturated rings. The summed E-state index contributed by atoms with van der Waals surface area (Å²) >= 11 is 0. The molecular weight excluding hydrogens is 398 g/mol. The minimum absolute atomic E-state index is 0.0488. The van der Waals surface area contributed by atoms with Crippen molar-refractivity contribution in [3.8, 4) is 23.8 Å². The predicted octanol–water partition coefficient (Wildman–Crippen LogP) is 2.55. The van der Waals surface area contributed by atoms with E-state index in [2.05, 4.69) is 16.6 Å². The lowest BCUT2D eigenvalue weighted by Gasteiger charge is -2.12. The largest absolute Gasteiger partial charge is 0.493 e. The highest BCUT2D eigenvalue weighted by Gasteiger charge is 2.35. The van der Waals surface area contributed by atoms with E-state index in [-0.39, 0.29) is 12.3 Å². The fraction of sp³-hybridized carbons (Fsp3) is 0.174. The number of terminal acetylenes is 1. The lowest BCUT2D eigenvalue weighted by molar-refractivity contribution is -0.127. The topological polar surface area (TPSA) is 97.0 Å². The zero-order valence-electron chi connectivity index (χ0n) is 17.1. The molecule has 1 aliphatic rings. The summed E-state index contributed by atoms with van der Waals surface area (Å²) in [4.78, 5) is 38.0. The summed E-state index contributed by atoms with van der Waals surface area (Å²) in [6, 6.07) is 11.5. The van der Waals surface area contributed by atoms with Gasteiger partial charge < -0.3 is 20.1 Å². The van der Waals surface area contributed by atoms with Gasteiger partial charge in [-0.25, -0.2) is 9.69 Å². The number of ether oxygens (including phenoxy) is 2. The average molecular weight is 419 g/mol. The van der Waals surface area contributed by atoms with Crippen LogP contribution in [0.4, 0.5) is 10.5 Å². The molecule has 0 saturated carbocycles. The van der Waals surface area contributed by atoms with Crippen molar-refractivity contribution in [2.75, 3.05) is 25.6 Å². The Bertz CT molecular complexity index is 1100. The van der Waals surface area contributed by atoms with Crippen LogP contribution in [0.2, 0.25) is 0 Å². The summed E-state index contributed by atoms with van der Waals surface area (Å²) in [6.45, 7) is 1.58. The molecule has 4 amide bonds. The number of nitrogens with zero attached hydrogens (tertiary/aromatic N) is 1. The Morgan fingerprint density at radius 2 is 2.03 bits per heavy atom. The first-order valence-electron chi connectivity index (χ1n) is 9.36. The van der Waals surface area contributed by atoms with E-state index in [0.717, 1.165) is 10.5 Å². The van der Waals surface area contributed by atoms with Crippen LogP contribution in [0.5, 0.6) is 11.5 Å². The molecule has 2 N–H and O–H groups in total. The van der Waals surface area contributed by atoms with Gasteiger partial charge in [0.25, 0.3) is 5.91 Å². The second-order valence-electron chi connectivity index (χ2n) is 6.70. The Hall–Kier alpha value is -4.25. The van der Waals surface area contributed by atoms with Gasteiger partial charge in [-0.2, -0.15) is 0 Å². The van der Waals surface area contributed by atoms with Gasteiger partial charge >= 0.3 is 6.03 Å². The number of nitrogens with one attached hydrogen (secondary N) is 2. The van der Waals surface area contributed by atoms with Crippen LogP contribution in [0, 0.1) is 19.3 Å². The van der Waals surface area contributed by atoms with E-state index >= 15 is 0 Å². The Balaban J connectivity index is 1.71. The van der Waals surface area contributed by atoms with Gasteiger partial charge in [-0.3, -0.25) is 9.59 Å². The van der Waals surface area contributed by atoms with Crippen LogP contribution in [0.15, 0.2) is 48.2 Å². The third-order valence-electron chi connectivity index (χ3n) is 4.38. The lowest BCUT2D eigenvalue weighted by Crippen LogP contribution is -2.38. The highest BCUT2D eigenvalue weighted by atomic mass is 16.5. The Morgan fingerprint density at radius 1 is 1.23 bits per heavy atom. The van der Waals surface area contributed by atoms with E-state index in [1.165, 1.54) is 13.2 Å². The molecule has 0 bridgehead atoms. The van der Waals surface area contributed by atoms with Gasteiger partial charge in [0.2, 0.25) is 5.91 Å². The van der Waals surface area contributed by atoms with E-state index in [4.69, 9.17) is 15.9 Å². The summed E-state index contributed by atoms with van der Waals surface area (Å²) in [6.07, 6.45) is 6.69. The van der Waals surface area contributed by atoms with Crippen LogP contribution in [0.3, 0.4) is 0 Å². The van der Waals surface area contributed by atoms with Gasteiger partial charge in [-0.1, -0.05) is 24.1 Å². The maximum atomic E-state index is 12.6. The number of anilines is 1. The number of carbonyl (C=O) groups excluding carboxylic acids is 3. The summed E-state index contributed by atoms with van der Waals surface area (Å²) in [5, 5.41) is 5.16. The molecule has 0 aromatic heterocycles. The molecule has 0 spiro atoms. The number of hydrogen-bond donors (Lipinski definition) is 2. The maximum absolute atomic E-state index is 12.6. The van der Waals surface area contributed by atoms with E-state index in [1.807, 2.05) is 13.0 Å². The van der Waals surface area contributed by atoms with Gasteiger partial charge in [-0.15, -0.1) is 6.42 Å². The van der Waals surface area contributed by atoms with Gasteiger partial charge in [0.05, 0.1) is 7.11 Å². The number of urea groups is 1. The van der Waals surface area contributed by atoms with Crippen LogP contribution in [-0.4, -0.2) is 43.0 Å². The molecule has 3 rings (SSSR count). The summed E-state index contributed by atoms with van der Waals surface area (Å²) in [5.41, 5.74) is 2.21. The predicted molar refractivity (Wildman–Crippen MR) is 115 cm³/mol. The number of methoxy groups -OCH3 is 1. The standard InChI is InChI=1S/C23H21N3O5/c1-4-10-31-19-9-8-16(13-20(19)30-3)12-18-22(28)26(23(29)25-18)14-21(27)24-17-7-5-6-15(2)11-17/h1,5-9,11-13H,10,14H2,2-3H3,(H,24,27)(H,25,29)/b18-12-. The molecule has 1 saturated heterocycles. The molecule has 1 heterocycles. The minimum atomic E-state index is -0.670. The van der Waals surface area contributed by atoms with E-state index < -0.39 is 24.4 Å². The quantitative estimate of drug-likeness (QED) is 0.408. The number of hydrogen-bond acceptors (Lipinski definition) is 5. The number of aryl methyl sites for hydroxylation is 1. The van der Waals surface area contributed by atoms with Crippen molar-refractivity contribution in [1.82, 2.24) is 10.2 Å². The lowest BCUT2D eigenvalue weighted by atomic mass is 10.1. The van der Waals surface area contributed by atoms with Crippen molar-refractivity contribution in [2.45, 2.75) is 6.92 Å². The molecule has 8 nitrogen and oxygen atoms in total. The summed E-state index contributed by atoms with van der Waals surface area (Å²) in [5.74, 6) is 2.17. The number of rotatable bonds is 7. The highest BCUT2D eigenvalue weighted by Crippen LogP contribution is 2.29. The van der Waals surface area contributed by atoms with Crippen molar-refractivity contribution in [1.29, 1.82) is 0 Å². The van der Waals surface area contributed by atoms with Gasteiger partial charge in [0.1, 0.15) is 18.8 Å². The van der Waals surface area contributed by atoms with Crippen LogP contribution < -0.4 is 20.1 Å². The zero-order chi connectivity index (χ0) is 22.4.